The maximum absolute atomic E-state index is 5.25. The molecular formula is C6H8BrNS. The van der Waals surface area contributed by atoms with Gasteiger partial charge in [-0.2, -0.15) is 0 Å². The molecule has 0 aromatic rings. The fourth-order valence-electron chi connectivity index (χ4n) is 0.311. The average molecular weight is 206 g/mol. The van der Waals surface area contributed by atoms with E-state index in [1.807, 2.05) is 6.92 Å². The lowest BCUT2D eigenvalue weighted by Gasteiger charge is -1.93. The van der Waals surface area contributed by atoms with Gasteiger partial charge in [-0.1, -0.05) is 34.7 Å². The third-order valence-electron chi connectivity index (χ3n) is 0.690. The largest absolute Gasteiger partial charge is 0.389 e. The molecule has 0 rings (SSSR count). The summed E-state index contributed by atoms with van der Waals surface area (Å²) in [5, 5.41) is 0. The second kappa shape index (κ2) is 3.80. The molecule has 0 aliphatic rings. The number of allylic oxidation sites excluding steroid dienone is 1. The van der Waals surface area contributed by atoms with Crippen LogP contribution in [0.15, 0.2) is 22.7 Å². The normalized spacial score (nSPS) is 11.1. The van der Waals surface area contributed by atoms with Crippen LogP contribution in [0, 0.1) is 0 Å². The molecule has 0 fully saturated rings. The SMILES string of the molecule is C=C(/C=C(\C)Br)C(N)=S. The minimum atomic E-state index is 0.341. The third-order valence-corrected chi connectivity index (χ3v) is 1.18. The molecule has 50 valence electrons. The van der Waals surface area contributed by atoms with Crippen LogP contribution in [0.25, 0.3) is 0 Å². The van der Waals surface area contributed by atoms with E-state index in [0.717, 1.165) is 4.48 Å². The first kappa shape index (κ1) is 8.85. The summed E-state index contributed by atoms with van der Waals surface area (Å²) in [5.41, 5.74) is 5.93. The highest BCUT2D eigenvalue weighted by atomic mass is 79.9. The molecule has 0 saturated heterocycles. The molecule has 0 atom stereocenters. The van der Waals surface area contributed by atoms with Gasteiger partial charge in [-0.15, -0.1) is 0 Å². The zero-order valence-corrected chi connectivity index (χ0v) is 7.55. The van der Waals surface area contributed by atoms with Crippen LogP contribution in [0.1, 0.15) is 6.92 Å². The van der Waals surface area contributed by atoms with Crippen molar-refractivity contribution in [1.82, 2.24) is 0 Å². The van der Waals surface area contributed by atoms with Gasteiger partial charge in [0.2, 0.25) is 0 Å². The average Bonchev–Trinajstić information content (AvgIpc) is 1.63. The molecule has 0 aliphatic carbocycles. The summed E-state index contributed by atoms with van der Waals surface area (Å²) < 4.78 is 0.973. The van der Waals surface area contributed by atoms with E-state index in [9.17, 15) is 0 Å². The summed E-state index contributed by atoms with van der Waals surface area (Å²) in [5.74, 6) is 0. The van der Waals surface area contributed by atoms with Crippen molar-refractivity contribution in [2.75, 3.05) is 0 Å². The van der Waals surface area contributed by atoms with Crippen molar-refractivity contribution < 1.29 is 0 Å². The topological polar surface area (TPSA) is 26.0 Å². The van der Waals surface area contributed by atoms with Crippen LogP contribution in [0.5, 0.6) is 0 Å². The lowest BCUT2D eigenvalue weighted by molar-refractivity contribution is 1.64. The van der Waals surface area contributed by atoms with Crippen molar-refractivity contribution in [3.8, 4) is 0 Å². The van der Waals surface area contributed by atoms with Gasteiger partial charge < -0.3 is 5.73 Å². The lowest BCUT2D eigenvalue weighted by atomic mass is 10.3. The molecule has 0 unspecified atom stereocenters. The number of hydrogen-bond donors (Lipinski definition) is 1. The van der Waals surface area contributed by atoms with Crippen LogP contribution in [0.2, 0.25) is 0 Å². The van der Waals surface area contributed by atoms with E-state index in [4.69, 9.17) is 5.73 Å². The second-order valence-corrected chi connectivity index (χ2v) is 3.31. The highest BCUT2D eigenvalue weighted by Gasteiger charge is 1.90. The Hall–Kier alpha value is -0.150. The van der Waals surface area contributed by atoms with E-state index in [2.05, 4.69) is 34.7 Å². The van der Waals surface area contributed by atoms with Crippen LogP contribution < -0.4 is 5.73 Å². The quantitative estimate of drug-likeness (QED) is 0.425. The monoisotopic (exact) mass is 205 g/mol. The minimum absolute atomic E-state index is 0.341. The van der Waals surface area contributed by atoms with Crippen molar-refractivity contribution in [2.45, 2.75) is 6.92 Å². The maximum atomic E-state index is 5.25. The first-order chi connectivity index (χ1) is 4.04. The van der Waals surface area contributed by atoms with Gasteiger partial charge in [0, 0.05) is 5.57 Å². The number of halogens is 1. The zero-order chi connectivity index (χ0) is 7.44. The van der Waals surface area contributed by atoms with E-state index in [1.54, 1.807) is 6.08 Å². The van der Waals surface area contributed by atoms with Crippen LogP contribution in [-0.4, -0.2) is 4.99 Å². The van der Waals surface area contributed by atoms with Gasteiger partial charge in [0.15, 0.2) is 0 Å². The molecular weight excluding hydrogens is 198 g/mol. The van der Waals surface area contributed by atoms with Crippen molar-refractivity contribution in [3.63, 3.8) is 0 Å². The van der Waals surface area contributed by atoms with Gasteiger partial charge in [0.05, 0.1) is 0 Å². The summed E-state index contributed by atoms with van der Waals surface area (Å²) in [6.45, 7) is 5.51. The highest BCUT2D eigenvalue weighted by Crippen LogP contribution is 2.06. The van der Waals surface area contributed by atoms with Gasteiger partial charge in [-0.05, 0) is 17.5 Å². The Bertz CT molecular complexity index is 168. The predicted molar refractivity (Wildman–Crippen MR) is 48.6 cm³/mol. The molecule has 9 heavy (non-hydrogen) atoms. The molecule has 0 aromatic carbocycles. The summed E-state index contributed by atoms with van der Waals surface area (Å²) in [6.07, 6.45) is 1.78. The van der Waals surface area contributed by atoms with Crippen molar-refractivity contribution >= 4 is 33.1 Å². The van der Waals surface area contributed by atoms with Gasteiger partial charge in [0.25, 0.3) is 0 Å². The third kappa shape index (κ3) is 4.36. The molecule has 0 heterocycles. The molecule has 2 N–H and O–H groups in total. The van der Waals surface area contributed by atoms with Gasteiger partial charge >= 0.3 is 0 Å². The Labute approximate surface area is 68.8 Å². The highest BCUT2D eigenvalue weighted by molar-refractivity contribution is 9.11. The molecule has 0 aliphatic heterocycles. The van der Waals surface area contributed by atoms with Crippen molar-refractivity contribution in [1.29, 1.82) is 0 Å². The molecule has 0 aromatic heterocycles. The Morgan fingerprint density at radius 2 is 2.22 bits per heavy atom. The molecule has 1 nitrogen and oxygen atoms in total. The number of nitrogens with two attached hydrogens (primary N) is 1. The Morgan fingerprint density at radius 3 is 2.33 bits per heavy atom. The van der Waals surface area contributed by atoms with Gasteiger partial charge in [-0.3, -0.25) is 0 Å². The molecule has 0 bridgehead atoms. The summed E-state index contributed by atoms with van der Waals surface area (Å²) >= 11 is 7.88. The molecule has 0 radical (unpaired) electrons. The van der Waals surface area contributed by atoms with E-state index < -0.39 is 0 Å². The van der Waals surface area contributed by atoms with Crippen LogP contribution in [-0.2, 0) is 0 Å². The van der Waals surface area contributed by atoms with Crippen LogP contribution >= 0.6 is 28.1 Å². The van der Waals surface area contributed by atoms with E-state index in [-0.39, 0.29) is 0 Å². The van der Waals surface area contributed by atoms with E-state index in [1.165, 1.54) is 0 Å². The molecule has 0 saturated carbocycles. The van der Waals surface area contributed by atoms with Crippen LogP contribution in [0.4, 0.5) is 0 Å². The molecule has 3 heteroatoms. The summed E-state index contributed by atoms with van der Waals surface area (Å²) in [4.78, 5) is 0.341. The number of hydrogen-bond acceptors (Lipinski definition) is 1. The second-order valence-electron chi connectivity index (χ2n) is 1.62. The molecule has 0 spiro atoms. The smallest absolute Gasteiger partial charge is 0.103 e. The standard InChI is InChI=1S/C6H8BrNS/c1-4(6(8)9)3-5(2)7/h3H,1H2,2H3,(H2,8,9)/b5-3+. The Kier molecular flexibility index (Phi) is 3.73. The summed E-state index contributed by atoms with van der Waals surface area (Å²) in [7, 11) is 0. The lowest BCUT2D eigenvalue weighted by Crippen LogP contribution is -2.08. The minimum Gasteiger partial charge on any atom is -0.389 e. The van der Waals surface area contributed by atoms with Crippen molar-refractivity contribution in [3.05, 3.63) is 22.7 Å². The number of rotatable bonds is 2. The van der Waals surface area contributed by atoms with Gasteiger partial charge in [0.1, 0.15) is 4.99 Å². The molecule has 0 amide bonds. The predicted octanol–water partition coefficient (Wildman–Crippen LogP) is 2.13. The Balaban J connectivity index is 4.09. The van der Waals surface area contributed by atoms with Crippen LogP contribution in [0.3, 0.4) is 0 Å². The maximum Gasteiger partial charge on any atom is 0.103 e. The first-order valence-electron chi connectivity index (χ1n) is 2.36. The van der Waals surface area contributed by atoms with Gasteiger partial charge in [-0.25, -0.2) is 0 Å². The summed E-state index contributed by atoms with van der Waals surface area (Å²) in [6, 6.07) is 0. The number of thiocarbonyl (C=S) groups is 1. The van der Waals surface area contributed by atoms with E-state index >= 15 is 0 Å². The first-order valence-corrected chi connectivity index (χ1v) is 3.56. The van der Waals surface area contributed by atoms with E-state index in [0.29, 0.717) is 10.6 Å². The Morgan fingerprint density at radius 1 is 1.78 bits per heavy atom. The zero-order valence-electron chi connectivity index (χ0n) is 5.15. The fraction of sp³-hybridized carbons (Fsp3) is 0.167. The van der Waals surface area contributed by atoms with Crippen molar-refractivity contribution in [2.24, 2.45) is 5.73 Å². The fourth-order valence-corrected chi connectivity index (χ4v) is 0.646.